The van der Waals surface area contributed by atoms with Crippen LogP contribution in [-0.4, -0.2) is 40.6 Å². The molecular formula is C13H24N4. The summed E-state index contributed by atoms with van der Waals surface area (Å²) in [7, 11) is 0. The minimum absolute atomic E-state index is 0.701. The third-order valence-electron chi connectivity index (χ3n) is 3.40. The number of anilines is 1. The van der Waals surface area contributed by atoms with Crippen molar-refractivity contribution in [3.05, 3.63) is 11.9 Å². The molecule has 1 aliphatic rings. The van der Waals surface area contributed by atoms with Crippen molar-refractivity contribution < 1.29 is 0 Å². The maximum absolute atomic E-state index is 4.55. The Hall–Kier alpha value is -1.03. The fraction of sp³-hybridized carbons (Fsp3) is 0.769. The average molecular weight is 236 g/mol. The Morgan fingerprint density at radius 3 is 2.71 bits per heavy atom. The summed E-state index contributed by atoms with van der Waals surface area (Å²) in [4.78, 5) is 6.97. The highest BCUT2D eigenvalue weighted by molar-refractivity contribution is 5.30. The molecule has 1 heterocycles. The molecule has 0 amide bonds. The van der Waals surface area contributed by atoms with Crippen LogP contribution < -0.4 is 5.32 Å². The topological polar surface area (TPSA) is 33.1 Å². The quantitative estimate of drug-likeness (QED) is 0.788. The maximum atomic E-state index is 4.55. The molecule has 0 saturated heterocycles. The van der Waals surface area contributed by atoms with Gasteiger partial charge in [0.25, 0.3) is 0 Å². The van der Waals surface area contributed by atoms with Gasteiger partial charge in [-0.25, -0.2) is 4.98 Å². The average Bonchev–Trinajstić information content (AvgIpc) is 3.09. The molecule has 0 atom stereocenters. The lowest BCUT2D eigenvalue weighted by Gasteiger charge is -2.18. The molecule has 1 fully saturated rings. The van der Waals surface area contributed by atoms with E-state index >= 15 is 0 Å². The van der Waals surface area contributed by atoms with Crippen LogP contribution in [0.1, 0.15) is 38.4 Å². The largest absolute Gasteiger partial charge is 0.354 e. The molecular weight excluding hydrogens is 212 g/mol. The molecule has 0 spiro atoms. The van der Waals surface area contributed by atoms with Crippen molar-refractivity contribution in [1.29, 1.82) is 0 Å². The van der Waals surface area contributed by atoms with Gasteiger partial charge in [-0.15, -0.1) is 0 Å². The molecule has 1 aromatic rings. The van der Waals surface area contributed by atoms with Crippen LogP contribution in [0.2, 0.25) is 0 Å². The van der Waals surface area contributed by atoms with E-state index in [2.05, 4.69) is 46.7 Å². The van der Waals surface area contributed by atoms with E-state index in [-0.39, 0.29) is 0 Å². The van der Waals surface area contributed by atoms with E-state index in [1.165, 1.54) is 12.8 Å². The summed E-state index contributed by atoms with van der Waals surface area (Å²) in [5.74, 6) is 1.05. The van der Waals surface area contributed by atoms with Crippen LogP contribution in [0.25, 0.3) is 0 Å². The summed E-state index contributed by atoms with van der Waals surface area (Å²) < 4.78 is 2.30. The highest BCUT2D eigenvalue weighted by atomic mass is 15.2. The zero-order valence-electron chi connectivity index (χ0n) is 11.2. The Morgan fingerprint density at radius 1 is 1.41 bits per heavy atom. The summed E-state index contributed by atoms with van der Waals surface area (Å²) in [6.45, 7) is 10.8. The minimum atomic E-state index is 0.701. The molecule has 96 valence electrons. The van der Waals surface area contributed by atoms with Gasteiger partial charge in [-0.05, 0) is 32.9 Å². The molecule has 1 N–H and O–H groups in total. The number of nitrogens with one attached hydrogen (secondary N) is 1. The molecule has 1 aromatic heterocycles. The molecule has 0 aliphatic heterocycles. The van der Waals surface area contributed by atoms with Crippen LogP contribution in [0.5, 0.6) is 0 Å². The van der Waals surface area contributed by atoms with Crippen LogP contribution >= 0.6 is 0 Å². The summed E-state index contributed by atoms with van der Waals surface area (Å²) in [5, 5.41) is 3.46. The second-order valence-corrected chi connectivity index (χ2v) is 4.80. The lowest BCUT2D eigenvalue weighted by Crippen LogP contribution is -2.29. The number of likely N-dealkylation sites (N-methyl/N-ethyl adjacent to an activating group) is 1. The van der Waals surface area contributed by atoms with Crippen LogP contribution in [-0.2, 0) is 0 Å². The lowest BCUT2D eigenvalue weighted by molar-refractivity contribution is 0.315. The Labute approximate surface area is 104 Å². The Kier molecular flexibility index (Phi) is 4.05. The predicted octanol–water partition coefficient (Wildman–Crippen LogP) is 2.28. The summed E-state index contributed by atoms with van der Waals surface area (Å²) in [6, 6.07) is 0.701. The van der Waals surface area contributed by atoms with E-state index in [1.807, 2.05) is 0 Å². The fourth-order valence-electron chi connectivity index (χ4n) is 2.14. The van der Waals surface area contributed by atoms with Crippen LogP contribution in [0, 0.1) is 6.92 Å². The highest BCUT2D eigenvalue weighted by Crippen LogP contribution is 2.37. The van der Waals surface area contributed by atoms with Crippen molar-refractivity contribution >= 4 is 5.95 Å². The van der Waals surface area contributed by atoms with Crippen molar-refractivity contribution in [2.75, 3.05) is 31.5 Å². The van der Waals surface area contributed by atoms with E-state index in [1.54, 1.807) is 0 Å². The molecule has 1 aliphatic carbocycles. The van der Waals surface area contributed by atoms with Crippen molar-refractivity contribution in [1.82, 2.24) is 14.5 Å². The first-order valence-corrected chi connectivity index (χ1v) is 6.76. The van der Waals surface area contributed by atoms with Gasteiger partial charge in [0.2, 0.25) is 5.95 Å². The molecule has 0 aromatic carbocycles. The number of hydrogen-bond donors (Lipinski definition) is 1. The van der Waals surface area contributed by atoms with E-state index in [0.717, 1.165) is 37.8 Å². The monoisotopic (exact) mass is 236 g/mol. The first-order chi connectivity index (χ1) is 8.24. The smallest absolute Gasteiger partial charge is 0.203 e. The summed E-state index contributed by atoms with van der Waals surface area (Å²) >= 11 is 0. The number of nitrogens with zero attached hydrogens (tertiary/aromatic N) is 3. The second kappa shape index (κ2) is 5.54. The Morgan fingerprint density at radius 2 is 2.12 bits per heavy atom. The van der Waals surface area contributed by atoms with Gasteiger partial charge in [0.05, 0.1) is 5.69 Å². The van der Waals surface area contributed by atoms with Crippen molar-refractivity contribution in [2.45, 2.75) is 39.7 Å². The zero-order valence-corrected chi connectivity index (χ0v) is 11.2. The molecule has 0 bridgehead atoms. The number of imidazole rings is 1. The number of rotatable bonds is 7. The minimum Gasteiger partial charge on any atom is -0.354 e. The number of aromatic nitrogens is 2. The van der Waals surface area contributed by atoms with E-state index in [4.69, 9.17) is 0 Å². The van der Waals surface area contributed by atoms with Gasteiger partial charge in [-0.2, -0.15) is 0 Å². The third kappa shape index (κ3) is 3.22. The highest BCUT2D eigenvalue weighted by Gasteiger charge is 2.26. The summed E-state index contributed by atoms with van der Waals surface area (Å²) in [5.41, 5.74) is 1.11. The maximum Gasteiger partial charge on any atom is 0.203 e. The molecule has 0 unspecified atom stereocenters. The van der Waals surface area contributed by atoms with Crippen LogP contribution in [0.15, 0.2) is 6.20 Å². The van der Waals surface area contributed by atoms with E-state index in [9.17, 15) is 0 Å². The van der Waals surface area contributed by atoms with Gasteiger partial charge >= 0.3 is 0 Å². The summed E-state index contributed by atoms with van der Waals surface area (Å²) in [6.07, 6.45) is 4.78. The van der Waals surface area contributed by atoms with Gasteiger partial charge in [-0.3, -0.25) is 0 Å². The standard InChI is InChI=1S/C13H24N4/c1-4-16(5-2)9-8-14-13-15-11(3)10-17(13)12-6-7-12/h10,12H,4-9H2,1-3H3,(H,14,15). The molecule has 17 heavy (non-hydrogen) atoms. The van der Waals surface area contributed by atoms with Gasteiger partial charge < -0.3 is 14.8 Å². The molecule has 2 rings (SSSR count). The van der Waals surface area contributed by atoms with Crippen LogP contribution in [0.3, 0.4) is 0 Å². The van der Waals surface area contributed by atoms with E-state index in [0.29, 0.717) is 6.04 Å². The molecule has 4 nitrogen and oxygen atoms in total. The SMILES string of the molecule is CCN(CC)CCNc1nc(C)cn1C1CC1. The van der Waals surface area contributed by atoms with Gasteiger partial charge in [0, 0.05) is 25.3 Å². The van der Waals surface area contributed by atoms with Gasteiger partial charge in [0.1, 0.15) is 0 Å². The molecule has 4 heteroatoms. The zero-order chi connectivity index (χ0) is 12.3. The number of aryl methyl sites for hydroxylation is 1. The Bertz CT molecular complexity index is 350. The first-order valence-electron chi connectivity index (χ1n) is 6.76. The first kappa shape index (κ1) is 12.4. The predicted molar refractivity (Wildman–Crippen MR) is 71.5 cm³/mol. The van der Waals surface area contributed by atoms with Gasteiger partial charge in [-0.1, -0.05) is 13.8 Å². The van der Waals surface area contributed by atoms with Crippen molar-refractivity contribution in [3.8, 4) is 0 Å². The van der Waals surface area contributed by atoms with Gasteiger partial charge in [0.15, 0.2) is 0 Å². The number of hydrogen-bond acceptors (Lipinski definition) is 3. The Balaban J connectivity index is 1.85. The van der Waals surface area contributed by atoms with Crippen molar-refractivity contribution in [2.24, 2.45) is 0 Å². The van der Waals surface area contributed by atoms with Crippen molar-refractivity contribution in [3.63, 3.8) is 0 Å². The molecule has 1 saturated carbocycles. The third-order valence-corrected chi connectivity index (χ3v) is 3.40. The normalized spacial score (nSPS) is 15.5. The second-order valence-electron chi connectivity index (χ2n) is 4.80. The van der Waals surface area contributed by atoms with Crippen LogP contribution in [0.4, 0.5) is 5.95 Å². The van der Waals surface area contributed by atoms with E-state index < -0.39 is 0 Å². The fourth-order valence-corrected chi connectivity index (χ4v) is 2.14. The molecule has 0 radical (unpaired) electrons. The lowest BCUT2D eigenvalue weighted by atomic mass is 10.4.